The first-order valence-electron chi connectivity index (χ1n) is 9.75. The summed E-state index contributed by atoms with van der Waals surface area (Å²) in [6.45, 7) is 0. The molecule has 1 fully saturated rings. The molecule has 5 nitrogen and oxygen atoms in total. The van der Waals surface area contributed by atoms with Gasteiger partial charge in [-0.25, -0.2) is 0 Å². The number of benzene rings is 2. The fraction of sp³-hybridized carbons (Fsp3) is 0.391. The maximum absolute atomic E-state index is 12.9. The molecule has 1 aliphatic rings. The van der Waals surface area contributed by atoms with E-state index in [2.05, 4.69) is 0 Å². The van der Waals surface area contributed by atoms with Crippen LogP contribution in [-0.4, -0.2) is 28.3 Å². The number of hydrogen-bond acceptors (Lipinski definition) is 4. The number of carbonyl (C=O) groups excluding carboxylic acids is 1. The van der Waals surface area contributed by atoms with Crippen molar-refractivity contribution in [1.82, 2.24) is 0 Å². The van der Waals surface area contributed by atoms with Gasteiger partial charge in [0, 0.05) is 6.42 Å². The molecule has 4 unspecified atom stereocenters. The number of rotatable bonds is 7. The van der Waals surface area contributed by atoms with Crippen LogP contribution in [0.2, 0.25) is 0 Å². The van der Waals surface area contributed by atoms with Gasteiger partial charge in [-0.1, -0.05) is 67.1 Å². The molecule has 0 bridgehead atoms. The van der Waals surface area contributed by atoms with Gasteiger partial charge in [0.15, 0.2) is 5.92 Å². The Morgan fingerprint density at radius 2 is 1.64 bits per heavy atom. The predicted octanol–water partition coefficient (Wildman–Crippen LogP) is 3.77. The van der Waals surface area contributed by atoms with E-state index in [0.717, 1.165) is 17.5 Å². The fourth-order valence-electron chi connectivity index (χ4n) is 3.94. The van der Waals surface area contributed by atoms with E-state index >= 15 is 0 Å². The Balaban J connectivity index is 1.79. The first kappa shape index (κ1) is 20.1. The van der Waals surface area contributed by atoms with Crippen molar-refractivity contribution in [2.24, 2.45) is 11.8 Å². The molecule has 28 heavy (non-hydrogen) atoms. The first-order chi connectivity index (χ1) is 13.5. The van der Waals surface area contributed by atoms with Crippen LogP contribution in [0, 0.1) is 11.8 Å². The second kappa shape index (κ2) is 9.51. The number of ether oxygens (including phenoxy) is 1. The van der Waals surface area contributed by atoms with Crippen LogP contribution in [0.5, 0.6) is 0 Å². The lowest BCUT2D eigenvalue weighted by molar-refractivity contribution is -0.166. The van der Waals surface area contributed by atoms with Gasteiger partial charge in [-0.05, 0) is 36.3 Å². The highest BCUT2D eigenvalue weighted by atomic mass is 16.5. The molecule has 0 spiro atoms. The van der Waals surface area contributed by atoms with Crippen molar-refractivity contribution in [2.45, 2.75) is 44.3 Å². The van der Waals surface area contributed by atoms with Crippen LogP contribution >= 0.6 is 0 Å². The van der Waals surface area contributed by atoms with Gasteiger partial charge in [-0.3, -0.25) is 9.59 Å². The van der Waals surface area contributed by atoms with Crippen molar-refractivity contribution in [3.63, 3.8) is 0 Å². The average molecular weight is 382 g/mol. The SMILES string of the molecule is O=C(O)C(C(=O)OC(Cc1ccccc1)c1ccccc1)C1CCCC(O)C1. The Labute approximate surface area is 165 Å². The molecule has 2 aromatic rings. The number of carboxylic acid groups (broad SMARTS) is 1. The van der Waals surface area contributed by atoms with Gasteiger partial charge in [0.05, 0.1) is 6.10 Å². The highest BCUT2D eigenvalue weighted by Gasteiger charge is 2.39. The molecule has 0 aromatic heterocycles. The molecule has 2 aromatic carbocycles. The van der Waals surface area contributed by atoms with Gasteiger partial charge < -0.3 is 14.9 Å². The molecule has 0 heterocycles. The van der Waals surface area contributed by atoms with Crippen molar-refractivity contribution < 1.29 is 24.5 Å². The van der Waals surface area contributed by atoms with Crippen LogP contribution < -0.4 is 0 Å². The van der Waals surface area contributed by atoms with Crippen molar-refractivity contribution in [3.05, 3.63) is 71.8 Å². The molecule has 0 saturated heterocycles. The standard InChI is InChI=1S/C23H26O5/c24-19-13-7-12-18(15-19)21(22(25)26)23(27)28-20(17-10-5-2-6-11-17)14-16-8-3-1-4-9-16/h1-6,8-11,18-21,24H,7,12-15H2,(H,25,26). The van der Waals surface area contributed by atoms with E-state index in [1.165, 1.54) is 0 Å². The Hall–Kier alpha value is -2.66. The summed E-state index contributed by atoms with van der Waals surface area (Å²) in [5.74, 6) is -3.56. The molecule has 3 rings (SSSR count). The largest absolute Gasteiger partial charge is 0.481 e. The summed E-state index contributed by atoms with van der Waals surface area (Å²) in [4.78, 5) is 24.7. The third-order valence-corrected chi connectivity index (χ3v) is 5.37. The van der Waals surface area contributed by atoms with Crippen LogP contribution in [0.25, 0.3) is 0 Å². The number of carboxylic acids is 1. The van der Waals surface area contributed by atoms with Crippen LogP contribution in [-0.2, 0) is 20.7 Å². The second-order valence-corrected chi connectivity index (χ2v) is 7.42. The fourth-order valence-corrected chi connectivity index (χ4v) is 3.94. The summed E-state index contributed by atoms with van der Waals surface area (Å²) in [5.41, 5.74) is 1.83. The Morgan fingerprint density at radius 1 is 1.00 bits per heavy atom. The summed E-state index contributed by atoms with van der Waals surface area (Å²) in [5, 5.41) is 19.6. The molecule has 4 atom stereocenters. The lowest BCUT2D eigenvalue weighted by atomic mass is 9.78. The number of aliphatic hydroxyl groups is 1. The Bertz CT molecular complexity index is 774. The first-order valence-corrected chi connectivity index (χ1v) is 9.75. The van der Waals surface area contributed by atoms with E-state index in [0.29, 0.717) is 25.7 Å². The van der Waals surface area contributed by atoms with E-state index in [4.69, 9.17) is 4.74 Å². The summed E-state index contributed by atoms with van der Waals surface area (Å²) < 4.78 is 5.75. The zero-order valence-electron chi connectivity index (χ0n) is 15.7. The second-order valence-electron chi connectivity index (χ2n) is 7.42. The Morgan fingerprint density at radius 3 is 2.25 bits per heavy atom. The number of carbonyl (C=O) groups is 2. The molecule has 1 aliphatic carbocycles. The molecular formula is C23H26O5. The quantitative estimate of drug-likeness (QED) is 0.563. The van der Waals surface area contributed by atoms with Crippen molar-refractivity contribution >= 4 is 11.9 Å². The van der Waals surface area contributed by atoms with Gasteiger partial charge in [-0.15, -0.1) is 0 Å². The molecule has 0 aliphatic heterocycles. The molecule has 148 valence electrons. The molecule has 1 saturated carbocycles. The lowest BCUT2D eigenvalue weighted by Crippen LogP contribution is -2.37. The van der Waals surface area contributed by atoms with Crippen molar-refractivity contribution in [2.75, 3.05) is 0 Å². The van der Waals surface area contributed by atoms with Crippen LogP contribution in [0.4, 0.5) is 0 Å². The monoisotopic (exact) mass is 382 g/mol. The van der Waals surface area contributed by atoms with E-state index in [-0.39, 0.29) is 0 Å². The Kier molecular flexibility index (Phi) is 6.82. The maximum Gasteiger partial charge on any atom is 0.321 e. The van der Waals surface area contributed by atoms with Crippen LogP contribution in [0.3, 0.4) is 0 Å². The summed E-state index contributed by atoms with van der Waals surface area (Å²) in [6.07, 6.45) is 1.65. The number of esters is 1. The third-order valence-electron chi connectivity index (χ3n) is 5.37. The van der Waals surface area contributed by atoms with Crippen molar-refractivity contribution in [1.29, 1.82) is 0 Å². The maximum atomic E-state index is 12.9. The normalized spacial score (nSPS) is 21.5. The van der Waals surface area contributed by atoms with Crippen molar-refractivity contribution in [3.8, 4) is 0 Å². The highest BCUT2D eigenvalue weighted by molar-refractivity contribution is 5.94. The zero-order chi connectivity index (χ0) is 19.9. The van der Waals surface area contributed by atoms with Crippen LogP contribution in [0.1, 0.15) is 42.9 Å². The molecule has 0 amide bonds. The van der Waals surface area contributed by atoms with Gasteiger partial charge in [0.1, 0.15) is 6.10 Å². The highest BCUT2D eigenvalue weighted by Crippen LogP contribution is 2.33. The topological polar surface area (TPSA) is 83.8 Å². The third kappa shape index (κ3) is 5.20. The average Bonchev–Trinajstić information content (AvgIpc) is 2.69. The minimum Gasteiger partial charge on any atom is -0.481 e. The minimum atomic E-state index is -1.25. The lowest BCUT2D eigenvalue weighted by Gasteiger charge is -2.30. The van der Waals surface area contributed by atoms with E-state index in [1.807, 2.05) is 60.7 Å². The van der Waals surface area contributed by atoms with Gasteiger partial charge in [0.25, 0.3) is 0 Å². The molecular weight excluding hydrogens is 356 g/mol. The van der Waals surface area contributed by atoms with Gasteiger partial charge in [0.2, 0.25) is 0 Å². The van der Waals surface area contributed by atoms with Gasteiger partial charge in [-0.2, -0.15) is 0 Å². The van der Waals surface area contributed by atoms with E-state index in [1.54, 1.807) is 0 Å². The smallest absolute Gasteiger partial charge is 0.321 e. The minimum absolute atomic E-state index is 0.320. The molecule has 5 heteroatoms. The van der Waals surface area contributed by atoms with Gasteiger partial charge >= 0.3 is 11.9 Å². The van der Waals surface area contributed by atoms with E-state index in [9.17, 15) is 19.8 Å². The van der Waals surface area contributed by atoms with Crippen LogP contribution in [0.15, 0.2) is 60.7 Å². The van der Waals surface area contributed by atoms with E-state index < -0.39 is 36.0 Å². The predicted molar refractivity (Wildman–Crippen MR) is 105 cm³/mol. The molecule has 2 N–H and O–H groups in total. The summed E-state index contributed by atoms with van der Waals surface area (Å²) in [7, 11) is 0. The molecule has 0 radical (unpaired) electrons. The number of aliphatic carboxylic acids is 1. The number of aliphatic hydroxyl groups excluding tert-OH is 1. The summed E-state index contributed by atoms with van der Waals surface area (Å²) >= 11 is 0. The zero-order valence-corrected chi connectivity index (χ0v) is 15.7. The summed E-state index contributed by atoms with van der Waals surface area (Å²) in [6, 6.07) is 19.0. The number of hydrogen-bond donors (Lipinski definition) is 2.